The second kappa shape index (κ2) is 5.90. The molecule has 1 aliphatic rings. The van der Waals surface area contributed by atoms with Gasteiger partial charge in [-0.05, 0) is 44.0 Å². The Morgan fingerprint density at radius 3 is 2.62 bits per heavy atom. The van der Waals surface area contributed by atoms with Crippen molar-refractivity contribution in [2.75, 3.05) is 7.05 Å². The number of benzene rings is 1. The van der Waals surface area contributed by atoms with Gasteiger partial charge in [0.1, 0.15) is 5.75 Å². The van der Waals surface area contributed by atoms with E-state index in [0.717, 1.165) is 17.9 Å². The minimum atomic E-state index is 0.170. The van der Waals surface area contributed by atoms with Crippen LogP contribution in [0.2, 0.25) is 0 Å². The fourth-order valence-corrected chi connectivity index (χ4v) is 2.69. The highest BCUT2D eigenvalue weighted by atomic mass is 16.5. The number of aryl methyl sites for hydroxylation is 2. The second-order valence-electron chi connectivity index (χ2n) is 5.67. The summed E-state index contributed by atoms with van der Waals surface area (Å²) in [6.07, 6.45) is 5.87. The molecule has 21 heavy (non-hydrogen) atoms. The highest BCUT2D eigenvalue weighted by Gasteiger charge is 2.23. The number of nitrogens with one attached hydrogen (secondary N) is 1. The summed E-state index contributed by atoms with van der Waals surface area (Å²) in [6, 6.07) is 8.60. The molecular weight excluding hydrogens is 262 g/mol. The van der Waals surface area contributed by atoms with Crippen molar-refractivity contribution in [2.45, 2.75) is 38.3 Å². The summed E-state index contributed by atoms with van der Waals surface area (Å²) in [5, 5.41) is 7.94. The van der Waals surface area contributed by atoms with Gasteiger partial charge in [-0.3, -0.25) is 4.68 Å². The van der Waals surface area contributed by atoms with Crippen LogP contribution >= 0.6 is 0 Å². The van der Waals surface area contributed by atoms with Gasteiger partial charge in [-0.2, -0.15) is 5.10 Å². The normalized spacial score (nSPS) is 16.0. The third-order valence-corrected chi connectivity index (χ3v) is 3.91. The fourth-order valence-electron chi connectivity index (χ4n) is 2.69. The number of hydrogen-bond donors (Lipinski definition) is 1. The summed E-state index contributed by atoms with van der Waals surface area (Å²) >= 11 is 0. The molecule has 1 atom stereocenters. The number of hydrogen-bond acceptors (Lipinski definition) is 3. The maximum Gasteiger partial charge on any atom is 0.119 e. The van der Waals surface area contributed by atoms with Crippen molar-refractivity contribution in [2.24, 2.45) is 7.05 Å². The average molecular weight is 285 g/mol. The molecule has 112 valence electrons. The molecule has 0 radical (unpaired) electrons. The van der Waals surface area contributed by atoms with Crippen LogP contribution in [0.15, 0.2) is 30.5 Å². The highest BCUT2D eigenvalue weighted by molar-refractivity contribution is 5.36. The van der Waals surface area contributed by atoms with Gasteiger partial charge in [-0.25, -0.2) is 0 Å². The number of rotatable bonds is 6. The Hall–Kier alpha value is -1.81. The van der Waals surface area contributed by atoms with Gasteiger partial charge in [0.2, 0.25) is 0 Å². The molecular formula is C17H23N3O. The number of aromatic nitrogens is 2. The summed E-state index contributed by atoms with van der Waals surface area (Å²) in [5.41, 5.74) is 3.64. The largest absolute Gasteiger partial charge is 0.490 e. The maximum absolute atomic E-state index is 5.81. The van der Waals surface area contributed by atoms with Crippen LogP contribution < -0.4 is 10.1 Å². The van der Waals surface area contributed by atoms with Gasteiger partial charge in [0.05, 0.1) is 17.8 Å². The van der Waals surface area contributed by atoms with E-state index in [-0.39, 0.29) is 6.04 Å². The zero-order valence-electron chi connectivity index (χ0n) is 13.0. The predicted octanol–water partition coefficient (Wildman–Crippen LogP) is 2.83. The molecule has 0 bridgehead atoms. The monoisotopic (exact) mass is 285 g/mol. The summed E-state index contributed by atoms with van der Waals surface area (Å²) in [4.78, 5) is 0. The maximum atomic E-state index is 5.81. The zero-order chi connectivity index (χ0) is 14.8. The molecule has 3 rings (SSSR count). The molecule has 4 heteroatoms. The molecule has 1 unspecified atom stereocenters. The second-order valence-corrected chi connectivity index (χ2v) is 5.67. The first-order valence-electron chi connectivity index (χ1n) is 7.67. The molecule has 0 spiro atoms. The topological polar surface area (TPSA) is 39.1 Å². The minimum Gasteiger partial charge on any atom is -0.490 e. The lowest BCUT2D eigenvalue weighted by Gasteiger charge is -2.17. The molecule has 0 aliphatic heterocycles. The summed E-state index contributed by atoms with van der Waals surface area (Å²) in [6.45, 7) is 2.14. The van der Waals surface area contributed by atoms with Crippen LogP contribution in [0, 0.1) is 0 Å². The van der Waals surface area contributed by atoms with Gasteiger partial charge >= 0.3 is 0 Å². The predicted molar refractivity (Wildman–Crippen MR) is 83.6 cm³/mol. The standard InChI is InChI=1S/C17H23N3O/c1-4-16-15(11-20(3)19-16)17(18-2)12-5-7-13(8-6-12)21-14-9-10-14/h5-8,11,14,17-18H,4,9-10H2,1-3H3. The van der Waals surface area contributed by atoms with Crippen molar-refractivity contribution in [3.63, 3.8) is 0 Å². The first kappa shape index (κ1) is 14.1. The molecule has 1 aliphatic carbocycles. The van der Waals surface area contributed by atoms with Gasteiger partial charge in [-0.1, -0.05) is 19.1 Å². The number of nitrogens with zero attached hydrogens (tertiary/aromatic N) is 2. The Bertz CT molecular complexity index is 599. The lowest BCUT2D eigenvalue weighted by Crippen LogP contribution is -2.18. The summed E-state index contributed by atoms with van der Waals surface area (Å²) in [7, 11) is 3.97. The van der Waals surface area contributed by atoms with E-state index < -0.39 is 0 Å². The van der Waals surface area contributed by atoms with E-state index >= 15 is 0 Å². The zero-order valence-corrected chi connectivity index (χ0v) is 13.0. The van der Waals surface area contributed by atoms with Gasteiger partial charge in [0.25, 0.3) is 0 Å². The third-order valence-electron chi connectivity index (χ3n) is 3.91. The van der Waals surface area contributed by atoms with Crippen molar-refractivity contribution < 1.29 is 4.74 Å². The molecule has 2 aromatic rings. The SMILES string of the molecule is CCc1nn(C)cc1C(NC)c1ccc(OC2CC2)cc1. The van der Waals surface area contributed by atoms with E-state index in [0.29, 0.717) is 6.10 Å². The minimum absolute atomic E-state index is 0.170. The van der Waals surface area contributed by atoms with Gasteiger partial charge < -0.3 is 10.1 Å². The molecule has 1 heterocycles. The molecule has 1 N–H and O–H groups in total. The molecule has 1 saturated carbocycles. The summed E-state index contributed by atoms with van der Waals surface area (Å²) < 4.78 is 7.70. The van der Waals surface area contributed by atoms with Crippen LogP contribution in [0.4, 0.5) is 0 Å². The van der Waals surface area contributed by atoms with Gasteiger partial charge in [0.15, 0.2) is 0 Å². The van der Waals surface area contributed by atoms with Crippen molar-refractivity contribution in [3.8, 4) is 5.75 Å². The fraction of sp³-hybridized carbons (Fsp3) is 0.471. The van der Waals surface area contributed by atoms with E-state index in [1.54, 1.807) is 0 Å². The Morgan fingerprint density at radius 2 is 2.05 bits per heavy atom. The quantitative estimate of drug-likeness (QED) is 0.887. The highest BCUT2D eigenvalue weighted by Crippen LogP contribution is 2.29. The lowest BCUT2D eigenvalue weighted by molar-refractivity contribution is 0.303. The van der Waals surface area contributed by atoms with Crippen molar-refractivity contribution >= 4 is 0 Å². The number of ether oxygens (including phenoxy) is 1. The van der Waals surface area contributed by atoms with Crippen LogP contribution in [0.25, 0.3) is 0 Å². The molecule has 4 nitrogen and oxygen atoms in total. The van der Waals surface area contributed by atoms with E-state index in [4.69, 9.17) is 4.74 Å². The third kappa shape index (κ3) is 3.10. The lowest BCUT2D eigenvalue weighted by atomic mass is 9.98. The Labute approximate surface area is 126 Å². The van der Waals surface area contributed by atoms with E-state index in [1.807, 2.05) is 18.8 Å². The van der Waals surface area contributed by atoms with Gasteiger partial charge in [0, 0.05) is 18.8 Å². The van der Waals surface area contributed by atoms with E-state index in [2.05, 4.69) is 47.8 Å². The Morgan fingerprint density at radius 1 is 1.33 bits per heavy atom. The first-order chi connectivity index (χ1) is 10.2. The summed E-state index contributed by atoms with van der Waals surface area (Å²) in [5.74, 6) is 0.970. The van der Waals surface area contributed by atoms with Crippen molar-refractivity contribution in [3.05, 3.63) is 47.3 Å². The molecule has 1 aromatic carbocycles. The molecule has 0 saturated heterocycles. The molecule has 1 aromatic heterocycles. The Balaban J connectivity index is 1.84. The van der Waals surface area contributed by atoms with Crippen molar-refractivity contribution in [1.29, 1.82) is 0 Å². The van der Waals surface area contributed by atoms with Crippen molar-refractivity contribution in [1.82, 2.24) is 15.1 Å². The molecule has 1 fully saturated rings. The average Bonchev–Trinajstić information content (AvgIpc) is 3.23. The Kier molecular flexibility index (Phi) is 3.97. The van der Waals surface area contributed by atoms with Crippen LogP contribution in [0.1, 0.15) is 42.6 Å². The smallest absolute Gasteiger partial charge is 0.119 e. The van der Waals surface area contributed by atoms with E-state index in [9.17, 15) is 0 Å². The first-order valence-corrected chi connectivity index (χ1v) is 7.67. The molecule has 0 amide bonds. The van der Waals surface area contributed by atoms with Gasteiger partial charge in [-0.15, -0.1) is 0 Å². The van der Waals surface area contributed by atoms with E-state index in [1.165, 1.54) is 24.0 Å². The van der Waals surface area contributed by atoms with Crippen LogP contribution in [0.3, 0.4) is 0 Å². The van der Waals surface area contributed by atoms with Crippen LogP contribution in [0.5, 0.6) is 5.75 Å². The van der Waals surface area contributed by atoms with Crippen LogP contribution in [-0.4, -0.2) is 22.9 Å². The van der Waals surface area contributed by atoms with Crippen LogP contribution in [-0.2, 0) is 13.5 Å².